The van der Waals surface area contributed by atoms with Crippen molar-refractivity contribution in [2.24, 2.45) is 0 Å². The van der Waals surface area contributed by atoms with Gasteiger partial charge in [0.25, 0.3) is 0 Å². The first-order chi connectivity index (χ1) is 9.49. The van der Waals surface area contributed by atoms with Crippen molar-refractivity contribution in [2.75, 3.05) is 19.7 Å². The molecule has 1 aromatic carbocycles. The smallest absolute Gasteiger partial charge is 0.303 e. The number of nitrogens with zero attached hydrogens (tertiary/aromatic N) is 1. The summed E-state index contributed by atoms with van der Waals surface area (Å²) in [6, 6.07) is 8.14. The van der Waals surface area contributed by atoms with Crippen LogP contribution in [0.5, 0.6) is 5.75 Å². The number of hydrogen-bond acceptors (Lipinski definition) is 3. The highest BCUT2D eigenvalue weighted by Crippen LogP contribution is 2.17. The summed E-state index contributed by atoms with van der Waals surface area (Å²) in [5.41, 5.74) is 0. The molecule has 5 heteroatoms. The first-order valence-electron chi connectivity index (χ1n) is 6.83. The van der Waals surface area contributed by atoms with Crippen molar-refractivity contribution in [3.63, 3.8) is 0 Å². The highest BCUT2D eigenvalue weighted by Gasteiger charge is 2.10. The van der Waals surface area contributed by atoms with Gasteiger partial charge in [0.1, 0.15) is 12.4 Å². The summed E-state index contributed by atoms with van der Waals surface area (Å²) in [7, 11) is 0. The van der Waals surface area contributed by atoms with Gasteiger partial charge in [0.2, 0.25) is 0 Å². The Morgan fingerprint density at radius 3 is 2.75 bits per heavy atom. The molecule has 0 heterocycles. The summed E-state index contributed by atoms with van der Waals surface area (Å²) in [5.74, 6) is 0.104. The zero-order valence-electron chi connectivity index (χ0n) is 12.0. The van der Waals surface area contributed by atoms with Crippen molar-refractivity contribution in [1.82, 2.24) is 4.90 Å². The number of ether oxygens (including phenoxy) is 1. The molecule has 0 aliphatic rings. The molecule has 0 fully saturated rings. The van der Waals surface area contributed by atoms with E-state index in [2.05, 4.69) is 34.7 Å². The number of benzene rings is 1. The minimum absolute atomic E-state index is 0.218. The van der Waals surface area contributed by atoms with Gasteiger partial charge in [0.05, 0.1) is 0 Å². The Kier molecular flexibility index (Phi) is 7.62. The Bertz CT molecular complexity index is 423. The highest BCUT2D eigenvalue weighted by atomic mass is 79.9. The minimum atomic E-state index is -0.737. The molecule has 112 valence electrons. The predicted octanol–water partition coefficient (Wildman–Crippen LogP) is 3.40. The van der Waals surface area contributed by atoms with Gasteiger partial charge in [-0.3, -0.25) is 9.69 Å². The third kappa shape index (κ3) is 6.91. The van der Waals surface area contributed by atoms with Crippen molar-refractivity contribution in [3.8, 4) is 5.75 Å². The predicted molar refractivity (Wildman–Crippen MR) is 83.2 cm³/mol. The van der Waals surface area contributed by atoms with E-state index in [1.165, 1.54) is 0 Å². The van der Waals surface area contributed by atoms with Gasteiger partial charge < -0.3 is 9.84 Å². The molecule has 4 nitrogen and oxygen atoms in total. The molecular formula is C15H22BrNO3. The maximum atomic E-state index is 10.5. The van der Waals surface area contributed by atoms with Crippen LogP contribution < -0.4 is 4.74 Å². The quantitative estimate of drug-likeness (QED) is 0.746. The Labute approximate surface area is 128 Å². The van der Waals surface area contributed by atoms with Crippen LogP contribution in [-0.4, -0.2) is 41.7 Å². The third-order valence-corrected chi connectivity index (χ3v) is 3.50. The van der Waals surface area contributed by atoms with Crippen LogP contribution in [0.1, 0.15) is 26.7 Å². The molecule has 0 bridgehead atoms. The number of hydrogen-bond donors (Lipinski definition) is 1. The molecule has 0 aliphatic heterocycles. The summed E-state index contributed by atoms with van der Waals surface area (Å²) in [4.78, 5) is 12.8. The molecule has 0 aliphatic carbocycles. The number of carbonyl (C=O) groups is 1. The van der Waals surface area contributed by atoms with Gasteiger partial charge in [0, 0.05) is 23.5 Å². The second kappa shape index (κ2) is 8.97. The van der Waals surface area contributed by atoms with Gasteiger partial charge in [-0.1, -0.05) is 22.0 Å². The van der Waals surface area contributed by atoms with Crippen molar-refractivity contribution >= 4 is 21.9 Å². The van der Waals surface area contributed by atoms with E-state index in [1.807, 2.05) is 24.3 Å². The molecule has 1 aromatic rings. The van der Waals surface area contributed by atoms with Gasteiger partial charge in [0.15, 0.2) is 0 Å². The average Bonchev–Trinajstić information content (AvgIpc) is 2.36. The maximum Gasteiger partial charge on any atom is 0.303 e. The molecule has 0 radical (unpaired) electrons. The molecule has 0 saturated heterocycles. The lowest BCUT2D eigenvalue weighted by Crippen LogP contribution is -2.35. The van der Waals surface area contributed by atoms with Crippen LogP contribution in [0.3, 0.4) is 0 Å². The molecule has 0 unspecified atom stereocenters. The summed E-state index contributed by atoms with van der Waals surface area (Å²) in [6.45, 7) is 6.40. The average molecular weight is 344 g/mol. The zero-order valence-corrected chi connectivity index (χ0v) is 13.6. The SMILES string of the molecule is CC(C)N(CCCC(=O)O)CCOc1cccc(Br)c1. The van der Waals surface area contributed by atoms with Gasteiger partial charge in [-0.25, -0.2) is 0 Å². The Morgan fingerprint density at radius 2 is 2.15 bits per heavy atom. The second-order valence-electron chi connectivity index (χ2n) is 4.93. The van der Waals surface area contributed by atoms with Crippen LogP contribution in [0.25, 0.3) is 0 Å². The van der Waals surface area contributed by atoms with Gasteiger partial charge >= 0.3 is 5.97 Å². The lowest BCUT2D eigenvalue weighted by Gasteiger charge is -2.26. The number of rotatable bonds is 9. The van der Waals surface area contributed by atoms with E-state index in [0.717, 1.165) is 23.3 Å². The molecule has 1 rings (SSSR count). The summed E-state index contributed by atoms with van der Waals surface area (Å²) >= 11 is 3.41. The van der Waals surface area contributed by atoms with Crippen molar-refractivity contribution in [1.29, 1.82) is 0 Å². The van der Waals surface area contributed by atoms with Crippen LogP contribution >= 0.6 is 15.9 Å². The largest absolute Gasteiger partial charge is 0.492 e. The fraction of sp³-hybridized carbons (Fsp3) is 0.533. The summed E-state index contributed by atoms with van der Waals surface area (Å²) < 4.78 is 6.70. The van der Waals surface area contributed by atoms with E-state index in [4.69, 9.17) is 9.84 Å². The number of carboxylic acids is 1. The van der Waals surface area contributed by atoms with E-state index in [9.17, 15) is 4.79 Å². The lowest BCUT2D eigenvalue weighted by molar-refractivity contribution is -0.137. The minimum Gasteiger partial charge on any atom is -0.492 e. The topological polar surface area (TPSA) is 49.8 Å². The van der Waals surface area contributed by atoms with Crippen LogP contribution in [0, 0.1) is 0 Å². The van der Waals surface area contributed by atoms with Crippen LogP contribution in [0.2, 0.25) is 0 Å². The van der Waals surface area contributed by atoms with Crippen molar-refractivity contribution < 1.29 is 14.6 Å². The molecule has 0 spiro atoms. The van der Waals surface area contributed by atoms with Crippen molar-refractivity contribution in [2.45, 2.75) is 32.7 Å². The normalized spacial score (nSPS) is 11.1. The first kappa shape index (κ1) is 17.0. The maximum absolute atomic E-state index is 10.5. The van der Waals surface area contributed by atoms with E-state index in [0.29, 0.717) is 19.1 Å². The molecular weight excluding hydrogens is 322 g/mol. The van der Waals surface area contributed by atoms with Gasteiger partial charge in [-0.2, -0.15) is 0 Å². The fourth-order valence-corrected chi connectivity index (χ4v) is 2.28. The van der Waals surface area contributed by atoms with E-state index in [1.54, 1.807) is 0 Å². The standard InChI is InChI=1S/C15H22BrNO3/c1-12(2)17(8-4-7-15(18)19)9-10-20-14-6-3-5-13(16)11-14/h3,5-6,11-12H,4,7-10H2,1-2H3,(H,18,19). The molecule has 0 atom stereocenters. The lowest BCUT2D eigenvalue weighted by atomic mass is 10.2. The third-order valence-electron chi connectivity index (χ3n) is 3.01. The zero-order chi connectivity index (χ0) is 15.0. The molecule has 0 saturated carbocycles. The fourth-order valence-electron chi connectivity index (χ4n) is 1.90. The Hall–Kier alpha value is -1.07. The summed E-state index contributed by atoms with van der Waals surface area (Å²) in [6.07, 6.45) is 0.889. The van der Waals surface area contributed by atoms with Crippen molar-refractivity contribution in [3.05, 3.63) is 28.7 Å². The van der Waals surface area contributed by atoms with E-state index < -0.39 is 5.97 Å². The molecule has 20 heavy (non-hydrogen) atoms. The monoisotopic (exact) mass is 343 g/mol. The summed E-state index contributed by atoms with van der Waals surface area (Å²) in [5, 5.41) is 8.67. The molecule has 1 N–H and O–H groups in total. The van der Waals surface area contributed by atoms with Gasteiger partial charge in [-0.15, -0.1) is 0 Å². The van der Waals surface area contributed by atoms with Gasteiger partial charge in [-0.05, 0) is 45.0 Å². The first-order valence-corrected chi connectivity index (χ1v) is 7.62. The molecule has 0 amide bonds. The van der Waals surface area contributed by atoms with E-state index in [-0.39, 0.29) is 6.42 Å². The Balaban J connectivity index is 2.33. The number of halogens is 1. The number of aliphatic carboxylic acids is 1. The Morgan fingerprint density at radius 1 is 1.40 bits per heavy atom. The number of carboxylic acid groups (broad SMARTS) is 1. The van der Waals surface area contributed by atoms with Crippen LogP contribution in [0.15, 0.2) is 28.7 Å². The second-order valence-corrected chi connectivity index (χ2v) is 5.85. The van der Waals surface area contributed by atoms with Crippen LogP contribution in [0.4, 0.5) is 0 Å². The van der Waals surface area contributed by atoms with E-state index >= 15 is 0 Å². The molecule has 0 aromatic heterocycles. The highest BCUT2D eigenvalue weighted by molar-refractivity contribution is 9.10. The van der Waals surface area contributed by atoms with Crippen LogP contribution in [-0.2, 0) is 4.79 Å².